The highest BCUT2D eigenvalue weighted by Crippen LogP contribution is 2.08. The van der Waals surface area contributed by atoms with E-state index in [1.54, 1.807) is 20.8 Å². The number of rotatable bonds is 14. The Bertz CT molecular complexity index is 555. The number of hydrogen-bond donors (Lipinski definition) is 6. The molecule has 3 amide bonds. The van der Waals surface area contributed by atoms with Crippen LogP contribution in [0.25, 0.3) is 0 Å². The summed E-state index contributed by atoms with van der Waals surface area (Å²) in [6.45, 7) is 7.22. The Labute approximate surface area is 172 Å². The second-order valence-corrected chi connectivity index (χ2v) is 7.60. The lowest BCUT2D eigenvalue weighted by atomic mass is 9.99. The number of amides is 3. The fourth-order valence-corrected chi connectivity index (χ4v) is 2.53. The maximum atomic E-state index is 12.5. The number of hydrogen-bond acceptors (Lipinski definition) is 6. The number of carboxylic acids is 1. The Morgan fingerprint density at radius 1 is 1.00 bits per heavy atom. The fraction of sp³-hybridized carbons (Fsp3) is 0.789. The lowest BCUT2D eigenvalue weighted by molar-refractivity contribution is -0.143. The van der Waals surface area contributed by atoms with Crippen LogP contribution in [-0.4, -0.2) is 60.0 Å². The Hall–Kier alpha value is -2.20. The molecule has 0 aliphatic heterocycles. The van der Waals surface area contributed by atoms with Crippen LogP contribution in [0.2, 0.25) is 0 Å². The van der Waals surface area contributed by atoms with Gasteiger partial charge in [0.05, 0.1) is 12.6 Å². The topological polar surface area (TPSA) is 177 Å². The first-order valence-corrected chi connectivity index (χ1v) is 10.1. The zero-order chi connectivity index (χ0) is 22.6. The van der Waals surface area contributed by atoms with E-state index in [2.05, 4.69) is 16.0 Å². The van der Waals surface area contributed by atoms with Gasteiger partial charge in [0.1, 0.15) is 12.1 Å². The lowest BCUT2D eigenvalue weighted by Gasteiger charge is -2.23. The summed E-state index contributed by atoms with van der Waals surface area (Å²) in [4.78, 5) is 48.1. The van der Waals surface area contributed by atoms with E-state index >= 15 is 0 Å². The van der Waals surface area contributed by atoms with E-state index in [0.29, 0.717) is 32.2 Å². The molecule has 0 radical (unpaired) electrons. The molecular formula is C19H37N5O5. The van der Waals surface area contributed by atoms with Crippen LogP contribution in [0.5, 0.6) is 0 Å². The molecule has 0 saturated carbocycles. The molecule has 0 aromatic carbocycles. The first-order chi connectivity index (χ1) is 13.5. The van der Waals surface area contributed by atoms with Crippen molar-refractivity contribution in [3.05, 3.63) is 0 Å². The van der Waals surface area contributed by atoms with Gasteiger partial charge < -0.3 is 32.5 Å². The number of carbonyl (C=O) groups is 4. The van der Waals surface area contributed by atoms with Crippen molar-refractivity contribution >= 4 is 23.7 Å². The molecule has 0 aromatic rings. The smallest absolute Gasteiger partial charge is 0.326 e. The number of aliphatic carboxylic acids is 1. The lowest BCUT2D eigenvalue weighted by Crippen LogP contribution is -2.54. The van der Waals surface area contributed by atoms with Crippen molar-refractivity contribution in [3.63, 3.8) is 0 Å². The molecule has 4 atom stereocenters. The summed E-state index contributed by atoms with van der Waals surface area (Å²) in [6, 6.07) is -2.64. The maximum absolute atomic E-state index is 12.5. The van der Waals surface area contributed by atoms with Gasteiger partial charge in [0, 0.05) is 0 Å². The highest BCUT2D eigenvalue weighted by molar-refractivity contribution is 5.92. The van der Waals surface area contributed by atoms with E-state index in [1.807, 2.05) is 6.92 Å². The van der Waals surface area contributed by atoms with Gasteiger partial charge in [-0.1, -0.05) is 34.1 Å². The molecular weight excluding hydrogens is 378 g/mol. The Morgan fingerprint density at radius 3 is 2.10 bits per heavy atom. The summed E-state index contributed by atoms with van der Waals surface area (Å²) < 4.78 is 0. The van der Waals surface area contributed by atoms with Crippen LogP contribution in [-0.2, 0) is 19.2 Å². The van der Waals surface area contributed by atoms with Gasteiger partial charge in [-0.15, -0.1) is 0 Å². The minimum absolute atomic E-state index is 0.0953. The van der Waals surface area contributed by atoms with Gasteiger partial charge >= 0.3 is 5.97 Å². The first-order valence-electron chi connectivity index (χ1n) is 10.1. The van der Waals surface area contributed by atoms with Crippen molar-refractivity contribution in [2.75, 3.05) is 13.1 Å². The van der Waals surface area contributed by atoms with E-state index < -0.39 is 48.4 Å². The third-order valence-electron chi connectivity index (χ3n) is 4.82. The number of carboxylic acid groups (broad SMARTS) is 1. The van der Waals surface area contributed by atoms with Gasteiger partial charge in [0.2, 0.25) is 17.7 Å². The molecule has 8 N–H and O–H groups in total. The van der Waals surface area contributed by atoms with Gasteiger partial charge in [-0.3, -0.25) is 14.4 Å². The van der Waals surface area contributed by atoms with Crippen LogP contribution < -0.4 is 27.4 Å². The third-order valence-corrected chi connectivity index (χ3v) is 4.82. The molecule has 0 aliphatic rings. The molecule has 0 saturated heterocycles. The van der Waals surface area contributed by atoms with Crippen molar-refractivity contribution < 1.29 is 24.3 Å². The minimum Gasteiger partial charge on any atom is -0.480 e. The van der Waals surface area contributed by atoms with Crippen LogP contribution in [0.1, 0.15) is 53.4 Å². The van der Waals surface area contributed by atoms with Crippen LogP contribution in [0.4, 0.5) is 0 Å². The van der Waals surface area contributed by atoms with Crippen LogP contribution in [0, 0.1) is 11.8 Å². The summed E-state index contributed by atoms with van der Waals surface area (Å²) in [5.41, 5.74) is 11.3. The number of nitrogens with two attached hydrogens (primary N) is 2. The van der Waals surface area contributed by atoms with E-state index in [-0.39, 0.29) is 11.8 Å². The van der Waals surface area contributed by atoms with E-state index in [4.69, 9.17) is 11.5 Å². The molecule has 0 aromatic heterocycles. The molecule has 10 heteroatoms. The Kier molecular flexibility index (Phi) is 12.8. The van der Waals surface area contributed by atoms with Gasteiger partial charge in [-0.2, -0.15) is 0 Å². The highest BCUT2D eigenvalue weighted by Gasteiger charge is 2.27. The maximum Gasteiger partial charge on any atom is 0.326 e. The second kappa shape index (κ2) is 13.9. The standard InChI is InChI=1S/C19H37N5O5/c1-5-12(4)16(19(28)29)24-14(25)10-22-17(26)13(8-6-7-9-20)23-18(27)15(21)11(2)3/h11-13,15-16H,5-10,20-21H2,1-4H3,(H,22,26)(H,23,27)(H,24,25)(H,28,29). The van der Waals surface area contributed by atoms with Crippen molar-refractivity contribution in [2.24, 2.45) is 23.3 Å². The van der Waals surface area contributed by atoms with Gasteiger partial charge in [0.15, 0.2) is 0 Å². The first kappa shape index (κ1) is 26.8. The monoisotopic (exact) mass is 415 g/mol. The summed E-state index contributed by atoms with van der Waals surface area (Å²) in [5, 5.41) is 16.7. The number of unbranched alkanes of at least 4 members (excludes halogenated alkanes) is 1. The molecule has 10 nitrogen and oxygen atoms in total. The average molecular weight is 416 g/mol. The van der Waals surface area contributed by atoms with Crippen molar-refractivity contribution in [1.82, 2.24) is 16.0 Å². The Morgan fingerprint density at radius 2 is 1.62 bits per heavy atom. The summed E-state index contributed by atoms with van der Waals surface area (Å²) in [7, 11) is 0. The normalized spacial score (nSPS) is 15.1. The molecule has 0 spiro atoms. The fourth-order valence-electron chi connectivity index (χ4n) is 2.53. The van der Waals surface area contributed by atoms with Gasteiger partial charge in [-0.25, -0.2) is 4.79 Å². The molecule has 0 bridgehead atoms. The van der Waals surface area contributed by atoms with Crippen molar-refractivity contribution in [2.45, 2.75) is 71.5 Å². The number of carbonyl (C=O) groups excluding carboxylic acids is 3. The molecule has 29 heavy (non-hydrogen) atoms. The van der Waals surface area contributed by atoms with Crippen LogP contribution in [0.15, 0.2) is 0 Å². The van der Waals surface area contributed by atoms with E-state index in [9.17, 15) is 24.3 Å². The van der Waals surface area contributed by atoms with E-state index in [0.717, 1.165) is 0 Å². The van der Waals surface area contributed by atoms with Crippen LogP contribution in [0.3, 0.4) is 0 Å². The molecule has 0 rings (SSSR count). The average Bonchev–Trinajstić information content (AvgIpc) is 2.67. The van der Waals surface area contributed by atoms with E-state index in [1.165, 1.54) is 0 Å². The number of nitrogens with one attached hydrogen (secondary N) is 3. The molecule has 0 fully saturated rings. The zero-order valence-electron chi connectivity index (χ0n) is 17.9. The molecule has 0 heterocycles. The quantitative estimate of drug-likeness (QED) is 0.203. The third kappa shape index (κ3) is 10.2. The van der Waals surface area contributed by atoms with Crippen LogP contribution >= 0.6 is 0 Å². The summed E-state index contributed by atoms with van der Waals surface area (Å²) in [6.07, 6.45) is 2.24. The molecule has 168 valence electrons. The van der Waals surface area contributed by atoms with Gasteiger partial charge in [0.25, 0.3) is 0 Å². The molecule has 0 aliphatic carbocycles. The SMILES string of the molecule is CCC(C)C(NC(=O)CNC(=O)C(CCCCN)NC(=O)C(N)C(C)C)C(=O)O. The summed E-state index contributed by atoms with van der Waals surface area (Å²) >= 11 is 0. The van der Waals surface area contributed by atoms with Crippen molar-refractivity contribution in [1.29, 1.82) is 0 Å². The largest absolute Gasteiger partial charge is 0.480 e. The Balaban J connectivity index is 4.87. The molecule has 4 unspecified atom stereocenters. The second-order valence-electron chi connectivity index (χ2n) is 7.60. The summed E-state index contributed by atoms with van der Waals surface area (Å²) in [5.74, 6) is -3.07. The van der Waals surface area contributed by atoms with Crippen molar-refractivity contribution in [3.8, 4) is 0 Å². The highest BCUT2D eigenvalue weighted by atomic mass is 16.4. The zero-order valence-corrected chi connectivity index (χ0v) is 17.9. The predicted molar refractivity (Wildman–Crippen MR) is 110 cm³/mol. The predicted octanol–water partition coefficient (Wildman–Crippen LogP) is -0.685. The van der Waals surface area contributed by atoms with Gasteiger partial charge in [-0.05, 0) is 37.6 Å². The minimum atomic E-state index is -1.13.